The number of unbranched alkanes of at least 4 members (excludes halogenated alkanes) is 1. The Morgan fingerprint density at radius 2 is 1.20 bits per heavy atom. The van der Waals surface area contributed by atoms with Crippen LogP contribution in [0.5, 0.6) is 0 Å². The molecule has 0 unspecified atom stereocenters. The molecular formula is C22H23NO2. The number of carbonyl (C=O) groups excluding carboxylic acids is 2. The van der Waals surface area contributed by atoms with Crippen molar-refractivity contribution in [2.75, 3.05) is 6.54 Å². The van der Waals surface area contributed by atoms with Gasteiger partial charge in [-0.15, -0.1) is 0 Å². The van der Waals surface area contributed by atoms with Crippen molar-refractivity contribution < 1.29 is 9.59 Å². The molecule has 3 nitrogen and oxygen atoms in total. The van der Waals surface area contributed by atoms with Crippen LogP contribution in [0.1, 0.15) is 43.7 Å². The van der Waals surface area contributed by atoms with Crippen molar-refractivity contribution in [3.8, 4) is 0 Å². The molecule has 0 fully saturated rings. The van der Waals surface area contributed by atoms with Crippen molar-refractivity contribution in [2.24, 2.45) is 0 Å². The third-order valence-corrected chi connectivity index (χ3v) is 4.60. The summed E-state index contributed by atoms with van der Waals surface area (Å²) in [6.45, 7) is 2.58. The predicted octanol–water partition coefficient (Wildman–Crippen LogP) is 4.55. The molecule has 0 spiro atoms. The Morgan fingerprint density at radius 1 is 0.760 bits per heavy atom. The fraction of sp³-hybridized carbons (Fsp3) is 0.273. The molecule has 2 aromatic rings. The first-order chi connectivity index (χ1) is 12.2. The fourth-order valence-corrected chi connectivity index (χ4v) is 3.24. The van der Waals surface area contributed by atoms with Crippen LogP contribution in [0.4, 0.5) is 0 Å². The fourth-order valence-electron chi connectivity index (χ4n) is 3.24. The SMILES string of the molecule is CCCCN1C(=O)CC(c2ccccc2)=C(c2ccccc2)CC1=O. The van der Waals surface area contributed by atoms with Gasteiger partial charge < -0.3 is 0 Å². The van der Waals surface area contributed by atoms with Gasteiger partial charge in [0.2, 0.25) is 11.8 Å². The lowest BCUT2D eigenvalue weighted by Crippen LogP contribution is -2.36. The van der Waals surface area contributed by atoms with Crippen LogP contribution in [0.25, 0.3) is 11.1 Å². The standard InChI is InChI=1S/C22H23NO2/c1-2-3-14-23-21(24)15-19(17-10-6-4-7-11-17)20(16-22(23)25)18-12-8-5-9-13-18/h4-13H,2-3,14-16H2,1H3. The molecule has 0 atom stereocenters. The highest BCUT2D eigenvalue weighted by Gasteiger charge is 2.29. The average molecular weight is 333 g/mol. The Bertz CT molecular complexity index is 715. The van der Waals surface area contributed by atoms with Crippen LogP contribution in [-0.2, 0) is 9.59 Å². The second-order valence-electron chi connectivity index (χ2n) is 6.34. The number of hydrogen-bond donors (Lipinski definition) is 0. The molecule has 0 radical (unpaired) electrons. The monoisotopic (exact) mass is 333 g/mol. The number of imide groups is 1. The van der Waals surface area contributed by atoms with E-state index in [-0.39, 0.29) is 24.7 Å². The summed E-state index contributed by atoms with van der Waals surface area (Å²) in [5, 5.41) is 0. The highest BCUT2D eigenvalue weighted by Crippen LogP contribution is 2.34. The first-order valence-electron chi connectivity index (χ1n) is 8.86. The largest absolute Gasteiger partial charge is 0.282 e. The Balaban J connectivity index is 2.07. The van der Waals surface area contributed by atoms with Gasteiger partial charge in [0.1, 0.15) is 0 Å². The molecule has 0 N–H and O–H groups in total. The Labute approximate surface area is 149 Å². The van der Waals surface area contributed by atoms with E-state index in [1.165, 1.54) is 4.90 Å². The van der Waals surface area contributed by atoms with Gasteiger partial charge in [0, 0.05) is 6.54 Å². The van der Waals surface area contributed by atoms with Crippen LogP contribution in [-0.4, -0.2) is 23.3 Å². The molecule has 0 bridgehead atoms. The lowest BCUT2D eigenvalue weighted by atomic mass is 9.91. The number of rotatable bonds is 5. The molecule has 0 saturated heterocycles. The van der Waals surface area contributed by atoms with Crippen LogP contribution < -0.4 is 0 Å². The van der Waals surface area contributed by atoms with E-state index >= 15 is 0 Å². The van der Waals surface area contributed by atoms with Crippen molar-refractivity contribution in [2.45, 2.75) is 32.6 Å². The van der Waals surface area contributed by atoms with E-state index in [4.69, 9.17) is 0 Å². The maximum Gasteiger partial charge on any atom is 0.233 e. The van der Waals surface area contributed by atoms with E-state index in [1.54, 1.807) is 0 Å². The molecule has 128 valence electrons. The smallest absolute Gasteiger partial charge is 0.233 e. The molecule has 0 aromatic heterocycles. The minimum absolute atomic E-state index is 0.0942. The van der Waals surface area contributed by atoms with E-state index < -0.39 is 0 Å². The topological polar surface area (TPSA) is 37.4 Å². The number of benzene rings is 2. The van der Waals surface area contributed by atoms with Crippen LogP contribution in [0.2, 0.25) is 0 Å². The Morgan fingerprint density at radius 3 is 1.60 bits per heavy atom. The van der Waals surface area contributed by atoms with Gasteiger partial charge in [-0.25, -0.2) is 0 Å². The summed E-state index contributed by atoms with van der Waals surface area (Å²) in [5.74, 6) is -0.188. The maximum atomic E-state index is 12.8. The molecule has 1 heterocycles. The minimum Gasteiger partial charge on any atom is -0.282 e. The van der Waals surface area contributed by atoms with E-state index in [1.807, 2.05) is 60.7 Å². The van der Waals surface area contributed by atoms with Crippen LogP contribution in [0.15, 0.2) is 60.7 Å². The van der Waals surface area contributed by atoms with E-state index in [0.29, 0.717) is 6.54 Å². The second kappa shape index (κ2) is 7.93. The summed E-state index contributed by atoms with van der Waals surface area (Å²) < 4.78 is 0. The Hall–Kier alpha value is -2.68. The summed E-state index contributed by atoms with van der Waals surface area (Å²) in [5.41, 5.74) is 3.95. The molecule has 25 heavy (non-hydrogen) atoms. The molecule has 0 saturated carbocycles. The quantitative estimate of drug-likeness (QED) is 0.753. The number of carbonyl (C=O) groups is 2. The first-order valence-corrected chi connectivity index (χ1v) is 8.86. The first kappa shape index (κ1) is 17.2. The van der Waals surface area contributed by atoms with Crippen LogP contribution in [0.3, 0.4) is 0 Å². The van der Waals surface area contributed by atoms with Crippen molar-refractivity contribution in [1.29, 1.82) is 0 Å². The zero-order chi connectivity index (χ0) is 17.6. The lowest BCUT2D eigenvalue weighted by molar-refractivity contribution is -0.143. The van der Waals surface area contributed by atoms with Crippen molar-refractivity contribution in [1.82, 2.24) is 4.90 Å². The number of amides is 2. The van der Waals surface area contributed by atoms with Crippen LogP contribution >= 0.6 is 0 Å². The second-order valence-corrected chi connectivity index (χ2v) is 6.34. The molecule has 3 heteroatoms. The van der Waals surface area contributed by atoms with Gasteiger partial charge in [0.25, 0.3) is 0 Å². The molecule has 2 aromatic carbocycles. The average Bonchev–Trinajstić information content (AvgIpc) is 2.78. The van der Waals surface area contributed by atoms with E-state index in [2.05, 4.69) is 6.92 Å². The summed E-state index contributed by atoms with van der Waals surface area (Å²) in [6, 6.07) is 19.8. The van der Waals surface area contributed by atoms with Crippen molar-refractivity contribution >= 4 is 23.0 Å². The van der Waals surface area contributed by atoms with Gasteiger partial charge >= 0.3 is 0 Å². The molecule has 3 rings (SSSR count). The minimum atomic E-state index is -0.0942. The third-order valence-electron chi connectivity index (χ3n) is 4.60. The third kappa shape index (κ3) is 3.87. The van der Waals surface area contributed by atoms with Crippen molar-refractivity contribution in [3.63, 3.8) is 0 Å². The van der Waals surface area contributed by atoms with E-state index in [9.17, 15) is 9.59 Å². The van der Waals surface area contributed by atoms with Gasteiger partial charge in [0.05, 0.1) is 12.8 Å². The number of nitrogens with zero attached hydrogens (tertiary/aromatic N) is 1. The van der Waals surface area contributed by atoms with Gasteiger partial charge in [0.15, 0.2) is 0 Å². The van der Waals surface area contributed by atoms with Crippen molar-refractivity contribution in [3.05, 3.63) is 71.8 Å². The Kier molecular flexibility index (Phi) is 5.44. The maximum absolute atomic E-state index is 12.8. The van der Waals surface area contributed by atoms with Gasteiger partial charge in [-0.3, -0.25) is 14.5 Å². The highest BCUT2D eigenvalue weighted by molar-refractivity contribution is 6.12. The summed E-state index contributed by atoms with van der Waals surface area (Å²) >= 11 is 0. The summed E-state index contributed by atoms with van der Waals surface area (Å²) in [7, 11) is 0. The molecule has 1 aliphatic rings. The highest BCUT2D eigenvalue weighted by atomic mass is 16.2. The molecular weight excluding hydrogens is 310 g/mol. The van der Waals surface area contributed by atoms with Gasteiger partial charge in [-0.1, -0.05) is 74.0 Å². The zero-order valence-electron chi connectivity index (χ0n) is 14.6. The molecule has 0 aliphatic carbocycles. The number of hydrogen-bond acceptors (Lipinski definition) is 2. The summed E-state index contributed by atoms with van der Waals surface area (Å²) in [4.78, 5) is 27.0. The predicted molar refractivity (Wildman–Crippen MR) is 101 cm³/mol. The molecule has 1 aliphatic heterocycles. The normalized spacial score (nSPS) is 15.5. The van der Waals surface area contributed by atoms with E-state index in [0.717, 1.165) is 35.1 Å². The zero-order valence-corrected chi connectivity index (χ0v) is 14.6. The lowest BCUT2D eigenvalue weighted by Gasteiger charge is -2.18. The molecule has 2 amide bonds. The summed E-state index contributed by atoms with van der Waals surface area (Å²) in [6.07, 6.45) is 2.34. The van der Waals surface area contributed by atoms with Gasteiger partial charge in [-0.2, -0.15) is 0 Å². The van der Waals surface area contributed by atoms with Gasteiger partial charge in [-0.05, 0) is 28.7 Å². The van der Waals surface area contributed by atoms with Crippen LogP contribution in [0, 0.1) is 0 Å².